The summed E-state index contributed by atoms with van der Waals surface area (Å²) in [5, 5.41) is 7.74. The number of nitrogens with one attached hydrogen (secondary N) is 2. The average Bonchev–Trinajstić information content (AvgIpc) is 3.36. The lowest BCUT2D eigenvalue weighted by Crippen LogP contribution is -2.42. The van der Waals surface area contributed by atoms with Gasteiger partial charge >= 0.3 is 0 Å². The number of pyridine rings is 1. The van der Waals surface area contributed by atoms with Crippen molar-refractivity contribution in [1.29, 1.82) is 0 Å². The Morgan fingerprint density at radius 1 is 1.36 bits per heavy atom. The summed E-state index contributed by atoms with van der Waals surface area (Å²) in [5.41, 5.74) is 1.13. The van der Waals surface area contributed by atoms with Crippen LogP contribution in [0.15, 0.2) is 23.3 Å². The molecule has 2 atom stereocenters. The van der Waals surface area contributed by atoms with E-state index in [1.807, 2.05) is 30.1 Å². The molecule has 3 rings (SSSR count). The van der Waals surface area contributed by atoms with Gasteiger partial charge in [-0.1, -0.05) is 0 Å². The molecule has 1 heterocycles. The van der Waals surface area contributed by atoms with Crippen LogP contribution in [0.2, 0.25) is 0 Å². The fraction of sp³-hybridized carbons (Fsp3) is 0.684. The first kappa shape index (κ1) is 18.4. The summed E-state index contributed by atoms with van der Waals surface area (Å²) in [6.45, 7) is 4.40. The zero-order valence-electron chi connectivity index (χ0n) is 15.3. The van der Waals surface area contributed by atoms with E-state index in [-0.39, 0.29) is 0 Å². The molecule has 0 saturated heterocycles. The second kappa shape index (κ2) is 9.32. The van der Waals surface area contributed by atoms with Crippen molar-refractivity contribution in [3.63, 3.8) is 0 Å². The second-order valence-electron chi connectivity index (χ2n) is 6.96. The summed E-state index contributed by atoms with van der Waals surface area (Å²) < 4.78 is 5.76. The molecular weight excluding hydrogens is 332 g/mol. The van der Waals surface area contributed by atoms with Gasteiger partial charge in [-0.3, -0.25) is 0 Å². The van der Waals surface area contributed by atoms with E-state index >= 15 is 0 Å². The molecule has 2 N–H and O–H groups in total. The Kier molecular flexibility index (Phi) is 6.84. The fourth-order valence-corrected chi connectivity index (χ4v) is 3.88. The summed E-state index contributed by atoms with van der Waals surface area (Å²) >= 11 is 1.98. The van der Waals surface area contributed by atoms with Gasteiger partial charge in [0.1, 0.15) is 0 Å². The molecule has 1 aromatic heterocycles. The van der Waals surface area contributed by atoms with Gasteiger partial charge in [-0.05, 0) is 62.8 Å². The Morgan fingerprint density at radius 2 is 2.24 bits per heavy atom. The van der Waals surface area contributed by atoms with Gasteiger partial charge in [-0.25, -0.2) is 9.98 Å². The Labute approximate surface area is 155 Å². The summed E-state index contributed by atoms with van der Waals surface area (Å²) in [5.74, 6) is 2.37. The Morgan fingerprint density at radius 3 is 2.96 bits per heavy atom. The number of thioether (sulfide) groups is 1. The maximum absolute atomic E-state index is 5.76. The van der Waals surface area contributed by atoms with E-state index in [0.717, 1.165) is 41.7 Å². The van der Waals surface area contributed by atoms with E-state index in [0.29, 0.717) is 12.6 Å². The SMILES string of the molecule is CCNC(=NCc1ccnc(OCC2CC2)c1)NC1CCC(SC)C1. The zero-order valence-corrected chi connectivity index (χ0v) is 16.1. The second-order valence-corrected chi connectivity index (χ2v) is 8.10. The lowest BCUT2D eigenvalue weighted by molar-refractivity contribution is 0.288. The van der Waals surface area contributed by atoms with Crippen LogP contribution in [-0.4, -0.2) is 41.6 Å². The molecule has 0 radical (unpaired) electrons. The van der Waals surface area contributed by atoms with Crippen LogP contribution < -0.4 is 15.4 Å². The minimum Gasteiger partial charge on any atom is -0.477 e. The van der Waals surface area contributed by atoms with Gasteiger partial charge in [0.05, 0.1) is 13.2 Å². The molecule has 1 aromatic rings. The largest absolute Gasteiger partial charge is 0.477 e. The van der Waals surface area contributed by atoms with Crippen LogP contribution >= 0.6 is 11.8 Å². The highest BCUT2D eigenvalue weighted by Crippen LogP contribution is 2.29. The molecule has 2 fully saturated rings. The predicted octanol–water partition coefficient (Wildman–Crippen LogP) is 3.21. The molecular formula is C19H30N4OS. The summed E-state index contributed by atoms with van der Waals surface area (Å²) in [7, 11) is 0. The van der Waals surface area contributed by atoms with Crippen molar-refractivity contribution in [3.8, 4) is 5.88 Å². The number of rotatable bonds is 8. The third-order valence-electron chi connectivity index (χ3n) is 4.79. The van der Waals surface area contributed by atoms with Gasteiger partial charge in [0.15, 0.2) is 5.96 Å². The minimum absolute atomic E-state index is 0.533. The van der Waals surface area contributed by atoms with Crippen molar-refractivity contribution < 1.29 is 4.74 Å². The molecule has 2 aliphatic rings. The van der Waals surface area contributed by atoms with Gasteiger partial charge in [0, 0.05) is 30.1 Å². The maximum atomic E-state index is 5.76. The third-order valence-corrected chi connectivity index (χ3v) is 5.88. The normalized spacial score (nSPS) is 23.5. The molecule has 2 saturated carbocycles. The molecule has 6 heteroatoms. The van der Waals surface area contributed by atoms with Gasteiger partial charge in [-0.15, -0.1) is 0 Å². The highest BCUT2D eigenvalue weighted by molar-refractivity contribution is 7.99. The Balaban J connectivity index is 1.54. The van der Waals surface area contributed by atoms with Crippen LogP contribution in [0.5, 0.6) is 5.88 Å². The van der Waals surface area contributed by atoms with E-state index in [1.165, 1.54) is 32.1 Å². The van der Waals surface area contributed by atoms with Crippen LogP contribution in [0.25, 0.3) is 0 Å². The minimum atomic E-state index is 0.533. The molecule has 5 nitrogen and oxygen atoms in total. The zero-order chi connectivity index (χ0) is 17.5. The van der Waals surface area contributed by atoms with Crippen molar-refractivity contribution in [2.24, 2.45) is 10.9 Å². The van der Waals surface area contributed by atoms with Crippen molar-refractivity contribution in [2.75, 3.05) is 19.4 Å². The number of aromatic nitrogens is 1. The van der Waals surface area contributed by atoms with Crippen molar-refractivity contribution in [3.05, 3.63) is 23.9 Å². The Hall–Kier alpha value is -1.43. The van der Waals surface area contributed by atoms with Gasteiger partial charge in [0.25, 0.3) is 0 Å². The van der Waals surface area contributed by atoms with Crippen LogP contribution in [-0.2, 0) is 6.54 Å². The van der Waals surface area contributed by atoms with Crippen LogP contribution in [0, 0.1) is 5.92 Å². The average molecular weight is 363 g/mol. The molecule has 0 bridgehead atoms. The fourth-order valence-electron chi connectivity index (χ4n) is 3.08. The molecule has 0 aromatic carbocycles. The van der Waals surface area contributed by atoms with Gasteiger partial charge < -0.3 is 15.4 Å². The van der Waals surface area contributed by atoms with Gasteiger partial charge in [0.2, 0.25) is 5.88 Å². The van der Waals surface area contributed by atoms with E-state index in [2.05, 4.69) is 28.8 Å². The molecule has 0 aliphatic heterocycles. The number of guanidine groups is 1. The lowest BCUT2D eigenvalue weighted by Gasteiger charge is -2.17. The highest BCUT2D eigenvalue weighted by atomic mass is 32.2. The number of hydrogen-bond acceptors (Lipinski definition) is 4. The molecule has 138 valence electrons. The monoisotopic (exact) mass is 362 g/mol. The van der Waals surface area contributed by atoms with E-state index in [4.69, 9.17) is 9.73 Å². The van der Waals surface area contributed by atoms with Crippen molar-refractivity contribution in [1.82, 2.24) is 15.6 Å². The highest BCUT2D eigenvalue weighted by Gasteiger charge is 2.24. The standard InChI is InChI=1S/C19H30N4OS/c1-3-20-19(23-16-6-7-17(11-16)25-2)22-12-15-8-9-21-18(10-15)24-13-14-4-5-14/h8-10,14,16-17H,3-7,11-13H2,1-2H3,(H2,20,22,23). The number of ether oxygens (including phenoxy) is 1. The first-order chi connectivity index (χ1) is 12.3. The van der Waals surface area contributed by atoms with Gasteiger partial charge in [-0.2, -0.15) is 11.8 Å². The molecule has 2 unspecified atom stereocenters. The van der Waals surface area contributed by atoms with E-state index in [9.17, 15) is 0 Å². The lowest BCUT2D eigenvalue weighted by atomic mass is 10.2. The van der Waals surface area contributed by atoms with Crippen molar-refractivity contribution >= 4 is 17.7 Å². The third kappa shape index (κ3) is 6.10. The first-order valence-corrected chi connectivity index (χ1v) is 10.7. The smallest absolute Gasteiger partial charge is 0.213 e. The molecule has 25 heavy (non-hydrogen) atoms. The Bertz CT molecular complexity index is 576. The topological polar surface area (TPSA) is 58.5 Å². The number of nitrogens with zero attached hydrogens (tertiary/aromatic N) is 2. The predicted molar refractivity (Wildman–Crippen MR) is 105 cm³/mol. The summed E-state index contributed by atoms with van der Waals surface area (Å²) in [6.07, 6.45) is 10.3. The van der Waals surface area contributed by atoms with Crippen LogP contribution in [0.1, 0.15) is 44.6 Å². The first-order valence-electron chi connectivity index (χ1n) is 9.42. The number of aliphatic imine (C=N–C) groups is 1. The van der Waals surface area contributed by atoms with E-state index < -0.39 is 0 Å². The van der Waals surface area contributed by atoms with E-state index in [1.54, 1.807) is 0 Å². The molecule has 2 aliphatic carbocycles. The summed E-state index contributed by atoms with van der Waals surface area (Å²) in [4.78, 5) is 9.05. The molecule has 0 spiro atoms. The molecule has 0 amide bonds. The number of hydrogen-bond donors (Lipinski definition) is 2. The maximum Gasteiger partial charge on any atom is 0.213 e. The van der Waals surface area contributed by atoms with Crippen molar-refractivity contribution in [2.45, 2.75) is 56.9 Å². The summed E-state index contributed by atoms with van der Waals surface area (Å²) in [6, 6.07) is 4.55. The van der Waals surface area contributed by atoms with Crippen LogP contribution in [0.3, 0.4) is 0 Å². The van der Waals surface area contributed by atoms with Crippen LogP contribution in [0.4, 0.5) is 0 Å². The quantitative estimate of drug-likeness (QED) is 0.549.